The molecular formula is C24H26N6O2. The summed E-state index contributed by atoms with van der Waals surface area (Å²) in [5.41, 5.74) is 5.66. The second-order valence-corrected chi connectivity index (χ2v) is 9.04. The van der Waals surface area contributed by atoms with Gasteiger partial charge in [0.1, 0.15) is 5.82 Å². The number of carbonyl (C=O) groups is 1. The SMILES string of the molecule is CCOC(=O)c1nn2c(-c3cn[nH]c3)cc(N3Cc4ccccc4C3)nc2c1C(C)(C)C. The van der Waals surface area contributed by atoms with Crippen molar-refractivity contribution in [3.8, 4) is 11.3 Å². The fourth-order valence-corrected chi connectivity index (χ4v) is 4.29. The first-order valence-electron chi connectivity index (χ1n) is 10.8. The fourth-order valence-electron chi connectivity index (χ4n) is 4.29. The highest BCUT2D eigenvalue weighted by Crippen LogP contribution is 2.35. The van der Waals surface area contributed by atoms with Gasteiger partial charge in [-0.25, -0.2) is 14.3 Å². The van der Waals surface area contributed by atoms with Crippen LogP contribution in [-0.2, 0) is 23.2 Å². The zero-order valence-electron chi connectivity index (χ0n) is 18.7. The summed E-state index contributed by atoms with van der Waals surface area (Å²) in [6.45, 7) is 9.83. The van der Waals surface area contributed by atoms with Gasteiger partial charge in [0.25, 0.3) is 0 Å². The van der Waals surface area contributed by atoms with Crippen molar-refractivity contribution < 1.29 is 9.53 Å². The van der Waals surface area contributed by atoms with Crippen molar-refractivity contribution in [1.29, 1.82) is 0 Å². The smallest absolute Gasteiger partial charge is 0.359 e. The van der Waals surface area contributed by atoms with E-state index < -0.39 is 5.97 Å². The molecule has 0 fully saturated rings. The summed E-state index contributed by atoms with van der Waals surface area (Å²) in [4.78, 5) is 20.1. The van der Waals surface area contributed by atoms with Crippen molar-refractivity contribution in [3.63, 3.8) is 0 Å². The number of anilines is 1. The fraction of sp³-hybridized carbons (Fsp3) is 0.333. The Balaban J connectivity index is 1.74. The number of nitrogens with one attached hydrogen (secondary N) is 1. The van der Waals surface area contributed by atoms with Crippen molar-refractivity contribution in [2.24, 2.45) is 0 Å². The van der Waals surface area contributed by atoms with Gasteiger partial charge in [0.15, 0.2) is 11.3 Å². The molecule has 0 unspecified atom stereocenters. The molecule has 3 aromatic heterocycles. The first-order chi connectivity index (χ1) is 15.4. The second kappa shape index (κ2) is 7.47. The minimum Gasteiger partial charge on any atom is -0.461 e. The third kappa shape index (κ3) is 3.32. The third-order valence-electron chi connectivity index (χ3n) is 5.75. The van der Waals surface area contributed by atoms with Gasteiger partial charge in [-0.05, 0) is 23.5 Å². The molecule has 4 aromatic rings. The second-order valence-electron chi connectivity index (χ2n) is 9.04. The average Bonchev–Trinajstić information content (AvgIpc) is 3.50. The lowest BCUT2D eigenvalue weighted by Gasteiger charge is -2.21. The van der Waals surface area contributed by atoms with Crippen LogP contribution in [-0.4, -0.2) is 37.4 Å². The standard InChI is InChI=1S/C24H26N6O2/c1-5-32-23(31)21-20(24(2,3)4)22-27-19(29-13-15-8-6-7-9-16(15)14-29)10-18(30(22)28-21)17-11-25-26-12-17/h6-12H,5,13-14H2,1-4H3,(H,25,26). The van der Waals surface area contributed by atoms with E-state index in [-0.39, 0.29) is 12.0 Å². The van der Waals surface area contributed by atoms with E-state index in [2.05, 4.69) is 65.2 Å². The Morgan fingerprint density at radius 1 is 1.19 bits per heavy atom. The Bertz CT molecular complexity index is 1280. The number of fused-ring (bicyclic) bond motifs is 2. The van der Waals surface area contributed by atoms with E-state index in [0.717, 1.165) is 35.7 Å². The normalized spacial score (nSPS) is 13.6. The maximum atomic E-state index is 12.8. The molecule has 164 valence electrons. The number of nitrogens with zero attached hydrogens (tertiary/aromatic N) is 5. The van der Waals surface area contributed by atoms with Crippen LogP contribution in [0.3, 0.4) is 0 Å². The molecule has 5 rings (SSSR count). The van der Waals surface area contributed by atoms with Crippen LogP contribution in [0.25, 0.3) is 16.9 Å². The lowest BCUT2D eigenvalue weighted by molar-refractivity contribution is 0.0516. The van der Waals surface area contributed by atoms with E-state index in [9.17, 15) is 4.79 Å². The molecule has 8 nitrogen and oxygen atoms in total. The summed E-state index contributed by atoms with van der Waals surface area (Å²) < 4.78 is 7.07. The molecule has 0 saturated heterocycles. The van der Waals surface area contributed by atoms with Crippen molar-refractivity contribution >= 4 is 17.4 Å². The van der Waals surface area contributed by atoms with E-state index in [1.165, 1.54) is 11.1 Å². The number of hydrogen-bond donors (Lipinski definition) is 1. The molecule has 0 amide bonds. The maximum absolute atomic E-state index is 12.8. The number of hydrogen-bond acceptors (Lipinski definition) is 6. The highest BCUT2D eigenvalue weighted by Gasteiger charge is 2.32. The summed E-state index contributed by atoms with van der Waals surface area (Å²) in [5, 5.41) is 11.7. The molecule has 32 heavy (non-hydrogen) atoms. The summed E-state index contributed by atoms with van der Waals surface area (Å²) in [7, 11) is 0. The van der Waals surface area contributed by atoms with Gasteiger partial charge in [-0.15, -0.1) is 0 Å². The number of esters is 1. The molecule has 4 heterocycles. The van der Waals surface area contributed by atoms with Crippen LogP contribution in [0.1, 0.15) is 54.9 Å². The number of aromatic amines is 1. The van der Waals surface area contributed by atoms with Crippen molar-refractivity contribution in [2.45, 2.75) is 46.2 Å². The Kier molecular flexibility index (Phi) is 4.73. The summed E-state index contributed by atoms with van der Waals surface area (Å²) in [6.07, 6.45) is 3.57. The predicted molar refractivity (Wildman–Crippen MR) is 122 cm³/mol. The number of rotatable bonds is 4. The molecule has 1 N–H and O–H groups in total. The molecule has 0 saturated carbocycles. The van der Waals surface area contributed by atoms with Crippen molar-refractivity contribution in [3.05, 3.63) is 65.1 Å². The minimum absolute atomic E-state index is 0.287. The first kappa shape index (κ1) is 20.2. The first-order valence-corrected chi connectivity index (χ1v) is 10.8. The highest BCUT2D eigenvalue weighted by molar-refractivity contribution is 5.92. The van der Waals surface area contributed by atoms with Gasteiger partial charge in [-0.1, -0.05) is 45.0 Å². The van der Waals surface area contributed by atoms with Crippen LogP contribution < -0.4 is 4.90 Å². The van der Waals surface area contributed by atoms with Gasteiger partial charge < -0.3 is 9.64 Å². The van der Waals surface area contributed by atoms with Crippen LogP contribution in [0.4, 0.5) is 5.82 Å². The van der Waals surface area contributed by atoms with Crippen LogP contribution in [0, 0.1) is 0 Å². The van der Waals surface area contributed by atoms with E-state index >= 15 is 0 Å². The monoisotopic (exact) mass is 430 g/mol. The Morgan fingerprint density at radius 3 is 2.50 bits per heavy atom. The van der Waals surface area contributed by atoms with Gasteiger partial charge in [0.2, 0.25) is 0 Å². The number of H-pyrrole nitrogens is 1. The van der Waals surface area contributed by atoms with Crippen molar-refractivity contribution in [2.75, 3.05) is 11.5 Å². The lowest BCUT2D eigenvalue weighted by atomic mass is 9.86. The molecule has 8 heteroatoms. The quantitative estimate of drug-likeness (QED) is 0.490. The van der Waals surface area contributed by atoms with Crippen LogP contribution in [0.2, 0.25) is 0 Å². The molecule has 0 aliphatic carbocycles. The lowest BCUT2D eigenvalue weighted by Crippen LogP contribution is -2.19. The molecule has 1 aromatic carbocycles. The average molecular weight is 431 g/mol. The molecule has 0 bridgehead atoms. The zero-order valence-corrected chi connectivity index (χ0v) is 18.7. The van der Waals surface area contributed by atoms with E-state index in [1.807, 2.05) is 12.3 Å². The highest BCUT2D eigenvalue weighted by atomic mass is 16.5. The topological polar surface area (TPSA) is 88.4 Å². The summed E-state index contributed by atoms with van der Waals surface area (Å²) in [6, 6.07) is 10.5. The molecule has 1 aliphatic heterocycles. The number of benzene rings is 1. The van der Waals surface area contributed by atoms with Gasteiger partial charge >= 0.3 is 5.97 Å². The van der Waals surface area contributed by atoms with E-state index in [4.69, 9.17) is 9.72 Å². The third-order valence-corrected chi connectivity index (χ3v) is 5.75. The molecular weight excluding hydrogens is 404 g/mol. The van der Waals surface area contributed by atoms with E-state index in [0.29, 0.717) is 11.3 Å². The summed E-state index contributed by atoms with van der Waals surface area (Å²) >= 11 is 0. The number of carbonyl (C=O) groups excluding carboxylic acids is 1. The predicted octanol–water partition coefficient (Wildman–Crippen LogP) is 4.11. The Morgan fingerprint density at radius 2 is 1.91 bits per heavy atom. The Labute approximate surface area is 186 Å². The van der Waals surface area contributed by atoms with Gasteiger partial charge in [-0.2, -0.15) is 10.2 Å². The minimum atomic E-state index is -0.434. The number of ether oxygens (including phenoxy) is 1. The largest absolute Gasteiger partial charge is 0.461 e. The van der Waals surface area contributed by atoms with Crippen molar-refractivity contribution in [1.82, 2.24) is 24.8 Å². The van der Waals surface area contributed by atoms with Crippen LogP contribution in [0.5, 0.6) is 0 Å². The van der Waals surface area contributed by atoms with E-state index in [1.54, 1.807) is 17.6 Å². The zero-order chi connectivity index (χ0) is 22.5. The number of aromatic nitrogens is 5. The van der Waals surface area contributed by atoms with Crippen LogP contribution >= 0.6 is 0 Å². The van der Waals surface area contributed by atoms with Gasteiger partial charge in [0, 0.05) is 36.5 Å². The van der Waals surface area contributed by atoms with Gasteiger partial charge in [-0.3, -0.25) is 5.10 Å². The summed E-state index contributed by atoms with van der Waals surface area (Å²) in [5.74, 6) is 0.405. The van der Waals surface area contributed by atoms with Crippen LogP contribution in [0.15, 0.2) is 42.7 Å². The maximum Gasteiger partial charge on any atom is 0.359 e. The molecule has 1 aliphatic rings. The molecule has 0 radical (unpaired) electrons. The Hall–Kier alpha value is -3.68. The molecule has 0 spiro atoms. The molecule has 0 atom stereocenters. The van der Waals surface area contributed by atoms with Gasteiger partial charge in [0.05, 0.1) is 18.5 Å².